The van der Waals surface area contributed by atoms with Crippen molar-refractivity contribution in [3.8, 4) is 0 Å². The van der Waals surface area contributed by atoms with Crippen LogP contribution in [0.25, 0.3) is 0 Å². The number of nitrogens with zero attached hydrogens (tertiary/aromatic N) is 1. The summed E-state index contributed by atoms with van der Waals surface area (Å²) in [7, 11) is 0. The van der Waals surface area contributed by atoms with Gasteiger partial charge in [0.25, 0.3) is 0 Å². The number of rotatable bonds is 8. The lowest BCUT2D eigenvalue weighted by atomic mass is 10.0. The predicted octanol–water partition coefficient (Wildman–Crippen LogP) is 1.37. The molecule has 0 aromatic rings. The molecular weight excluding hydrogens is 202 g/mol. The summed E-state index contributed by atoms with van der Waals surface area (Å²) in [4.78, 5) is 13.7. The van der Waals surface area contributed by atoms with Gasteiger partial charge in [0, 0.05) is 19.0 Å². The van der Waals surface area contributed by atoms with E-state index in [-0.39, 0.29) is 11.8 Å². The topological polar surface area (TPSA) is 58.4 Å². The van der Waals surface area contributed by atoms with Gasteiger partial charge in [-0.15, -0.1) is 0 Å². The number of carbonyl (C=O) groups is 1. The number of nitrogens with one attached hydrogen (secondary N) is 1. The van der Waals surface area contributed by atoms with E-state index in [2.05, 4.69) is 31.1 Å². The van der Waals surface area contributed by atoms with Gasteiger partial charge in [-0.05, 0) is 12.5 Å². The number of hydrogen-bond acceptors (Lipinski definition) is 3. The Morgan fingerprint density at radius 1 is 1.25 bits per heavy atom. The van der Waals surface area contributed by atoms with E-state index >= 15 is 0 Å². The van der Waals surface area contributed by atoms with Crippen LogP contribution in [0.4, 0.5) is 0 Å². The average Bonchev–Trinajstić information content (AvgIpc) is 2.32. The van der Waals surface area contributed by atoms with Gasteiger partial charge in [-0.1, -0.05) is 40.5 Å². The van der Waals surface area contributed by atoms with Crippen molar-refractivity contribution in [3.05, 3.63) is 0 Å². The van der Waals surface area contributed by atoms with E-state index in [0.717, 1.165) is 25.6 Å². The zero-order valence-electron chi connectivity index (χ0n) is 11.1. The van der Waals surface area contributed by atoms with E-state index in [1.807, 2.05) is 6.92 Å². The average molecular weight is 229 g/mol. The van der Waals surface area contributed by atoms with Gasteiger partial charge in [0.2, 0.25) is 5.91 Å². The highest BCUT2D eigenvalue weighted by molar-refractivity contribution is 5.77. The van der Waals surface area contributed by atoms with Gasteiger partial charge in [-0.3, -0.25) is 10.2 Å². The van der Waals surface area contributed by atoms with Crippen molar-refractivity contribution in [2.24, 2.45) is 17.7 Å². The fourth-order valence-electron chi connectivity index (χ4n) is 1.86. The molecule has 0 saturated carbocycles. The second-order valence-electron chi connectivity index (χ2n) is 4.44. The summed E-state index contributed by atoms with van der Waals surface area (Å²) in [5, 5.41) is 0. The maximum absolute atomic E-state index is 11.3. The minimum atomic E-state index is -0.0806. The Morgan fingerprint density at radius 3 is 2.19 bits per heavy atom. The van der Waals surface area contributed by atoms with Gasteiger partial charge in [0.1, 0.15) is 0 Å². The Morgan fingerprint density at radius 2 is 1.81 bits per heavy atom. The first-order chi connectivity index (χ1) is 7.58. The molecule has 0 aliphatic heterocycles. The van der Waals surface area contributed by atoms with Crippen LogP contribution >= 0.6 is 0 Å². The van der Waals surface area contributed by atoms with Crippen molar-refractivity contribution in [1.82, 2.24) is 10.3 Å². The molecule has 0 bridgehead atoms. The van der Waals surface area contributed by atoms with Gasteiger partial charge in [0.15, 0.2) is 0 Å². The Balaban J connectivity index is 4.13. The number of amides is 1. The molecule has 16 heavy (non-hydrogen) atoms. The summed E-state index contributed by atoms with van der Waals surface area (Å²) in [6, 6.07) is 0. The largest absolute Gasteiger partial charge is 0.303 e. The molecule has 96 valence electrons. The van der Waals surface area contributed by atoms with Crippen LogP contribution in [0.1, 0.15) is 40.5 Å². The van der Waals surface area contributed by atoms with Crippen LogP contribution in [0.3, 0.4) is 0 Å². The highest BCUT2D eigenvalue weighted by Crippen LogP contribution is 2.11. The molecule has 0 aromatic heterocycles. The van der Waals surface area contributed by atoms with Gasteiger partial charge in [-0.2, -0.15) is 0 Å². The van der Waals surface area contributed by atoms with Crippen LogP contribution in [0.5, 0.6) is 0 Å². The lowest BCUT2D eigenvalue weighted by molar-refractivity contribution is -0.125. The van der Waals surface area contributed by atoms with E-state index in [1.54, 1.807) is 0 Å². The molecule has 0 rings (SSSR count). The molecule has 0 spiro atoms. The fourth-order valence-corrected chi connectivity index (χ4v) is 1.86. The van der Waals surface area contributed by atoms with Crippen LogP contribution in [-0.4, -0.2) is 30.4 Å². The maximum Gasteiger partial charge on any atom is 0.237 e. The normalized spacial score (nSPS) is 13.2. The van der Waals surface area contributed by atoms with E-state index < -0.39 is 0 Å². The molecular formula is C12H27N3O. The molecule has 0 heterocycles. The van der Waals surface area contributed by atoms with E-state index in [0.29, 0.717) is 0 Å². The van der Waals surface area contributed by atoms with Gasteiger partial charge in [0.05, 0.1) is 0 Å². The minimum absolute atomic E-state index is 0.0423. The van der Waals surface area contributed by atoms with Crippen molar-refractivity contribution >= 4 is 5.91 Å². The molecule has 1 amide bonds. The first-order valence-electron chi connectivity index (χ1n) is 6.31. The van der Waals surface area contributed by atoms with Gasteiger partial charge >= 0.3 is 0 Å². The van der Waals surface area contributed by atoms with Crippen LogP contribution < -0.4 is 11.3 Å². The Hall–Kier alpha value is -0.610. The van der Waals surface area contributed by atoms with Crippen LogP contribution in [-0.2, 0) is 4.79 Å². The monoisotopic (exact) mass is 229 g/mol. The van der Waals surface area contributed by atoms with Crippen molar-refractivity contribution in [3.63, 3.8) is 0 Å². The van der Waals surface area contributed by atoms with Gasteiger partial charge < -0.3 is 4.90 Å². The lowest BCUT2D eigenvalue weighted by Crippen LogP contribution is -2.41. The zero-order chi connectivity index (χ0) is 12.6. The van der Waals surface area contributed by atoms with E-state index in [9.17, 15) is 4.79 Å². The van der Waals surface area contributed by atoms with E-state index in [1.165, 1.54) is 12.8 Å². The quantitative estimate of drug-likeness (QED) is 0.375. The smallest absolute Gasteiger partial charge is 0.237 e. The number of carbonyl (C=O) groups excluding carboxylic acids is 1. The van der Waals surface area contributed by atoms with Crippen molar-refractivity contribution in [2.45, 2.75) is 40.5 Å². The summed E-state index contributed by atoms with van der Waals surface area (Å²) < 4.78 is 0. The number of hydrazine groups is 1. The molecule has 0 radical (unpaired) electrons. The number of nitrogens with two attached hydrogens (primary N) is 1. The summed E-state index contributed by atoms with van der Waals surface area (Å²) in [5.74, 6) is 5.73. The zero-order valence-corrected chi connectivity index (χ0v) is 11.1. The fraction of sp³-hybridized carbons (Fsp3) is 0.917. The minimum Gasteiger partial charge on any atom is -0.303 e. The summed E-state index contributed by atoms with van der Waals surface area (Å²) in [6.45, 7) is 11.3. The third-order valence-electron chi connectivity index (χ3n) is 3.24. The first kappa shape index (κ1) is 15.4. The molecule has 4 nitrogen and oxygen atoms in total. The predicted molar refractivity (Wildman–Crippen MR) is 67.7 cm³/mol. The third-order valence-corrected chi connectivity index (χ3v) is 3.24. The first-order valence-corrected chi connectivity index (χ1v) is 6.31. The maximum atomic E-state index is 11.3. The molecule has 1 atom stereocenters. The van der Waals surface area contributed by atoms with E-state index in [4.69, 9.17) is 5.84 Å². The highest BCUT2D eigenvalue weighted by atomic mass is 16.2. The molecule has 3 N–H and O–H groups in total. The third kappa shape index (κ3) is 5.47. The Kier molecular flexibility index (Phi) is 8.21. The standard InChI is InChI=1S/C12H27N3O/c1-5-11(6-2)9-15(7-3)8-10(4)12(16)14-13/h10-11H,5-9,13H2,1-4H3,(H,14,16). The van der Waals surface area contributed by atoms with Crippen LogP contribution in [0, 0.1) is 11.8 Å². The Labute approximate surface area is 99.5 Å². The summed E-state index contributed by atoms with van der Waals surface area (Å²) in [6.07, 6.45) is 2.40. The molecule has 0 aliphatic carbocycles. The molecule has 1 unspecified atom stereocenters. The molecule has 4 heteroatoms. The molecule has 0 saturated heterocycles. The molecule has 0 aliphatic rings. The number of hydrogen-bond donors (Lipinski definition) is 2. The highest BCUT2D eigenvalue weighted by Gasteiger charge is 2.17. The van der Waals surface area contributed by atoms with Crippen LogP contribution in [0.15, 0.2) is 0 Å². The summed E-state index contributed by atoms with van der Waals surface area (Å²) in [5.41, 5.74) is 2.21. The van der Waals surface area contributed by atoms with Gasteiger partial charge in [-0.25, -0.2) is 5.84 Å². The lowest BCUT2D eigenvalue weighted by Gasteiger charge is -2.27. The van der Waals surface area contributed by atoms with Crippen LogP contribution in [0.2, 0.25) is 0 Å². The SMILES string of the molecule is CCC(CC)CN(CC)CC(C)C(=O)NN. The molecule has 0 aromatic carbocycles. The summed E-state index contributed by atoms with van der Waals surface area (Å²) >= 11 is 0. The second-order valence-corrected chi connectivity index (χ2v) is 4.44. The van der Waals surface area contributed by atoms with Crippen molar-refractivity contribution in [1.29, 1.82) is 0 Å². The Bertz CT molecular complexity index is 193. The second kappa shape index (κ2) is 8.53. The van der Waals surface area contributed by atoms with Crippen molar-refractivity contribution < 1.29 is 4.79 Å². The van der Waals surface area contributed by atoms with Crippen molar-refractivity contribution in [2.75, 3.05) is 19.6 Å². The molecule has 0 fully saturated rings.